The van der Waals surface area contributed by atoms with Crippen LogP contribution < -0.4 is 0 Å². The van der Waals surface area contributed by atoms with Gasteiger partial charge in [-0.2, -0.15) is 90.3 Å². The van der Waals surface area contributed by atoms with Crippen LogP contribution in [0.25, 0.3) is 0 Å². The molecule has 0 saturated carbocycles. The van der Waals surface area contributed by atoms with Crippen LogP contribution in [0, 0.1) is 18.6 Å². The van der Waals surface area contributed by atoms with E-state index in [0.717, 1.165) is 12.2 Å². The summed E-state index contributed by atoms with van der Waals surface area (Å²) in [5.41, 5.74) is 4.06. The van der Waals surface area contributed by atoms with Gasteiger partial charge in [0.25, 0.3) is 0 Å². The Hall–Kier alpha value is -0.106. The molecule has 2 aromatic carbocycles. The van der Waals surface area contributed by atoms with Gasteiger partial charge in [-0.3, -0.25) is 0 Å². The van der Waals surface area contributed by atoms with E-state index in [1.807, 2.05) is 23.9 Å². The molecule has 0 heterocycles. The SMILES string of the molecule is C[CH-]CC(C)c1[c-]c(SCc2[c-]cccc2)ccc1C(C)C.[Y+3]. The summed E-state index contributed by atoms with van der Waals surface area (Å²) in [5.74, 6) is 2.03. The molecule has 1 unspecified atom stereocenters. The number of hydrogen-bond acceptors (Lipinski definition) is 1. The van der Waals surface area contributed by atoms with Gasteiger partial charge in [0.2, 0.25) is 0 Å². The van der Waals surface area contributed by atoms with E-state index in [-0.39, 0.29) is 32.7 Å². The van der Waals surface area contributed by atoms with Crippen LogP contribution in [0.15, 0.2) is 41.3 Å². The Bertz CT molecular complexity index is 578. The molecule has 0 saturated heterocycles. The minimum Gasteiger partial charge on any atom is -0.331 e. The zero-order valence-corrected chi connectivity index (χ0v) is 18.3. The third-order valence-electron chi connectivity index (χ3n) is 3.84. The van der Waals surface area contributed by atoms with Crippen LogP contribution in [-0.4, -0.2) is 0 Å². The summed E-state index contributed by atoms with van der Waals surface area (Å²) < 4.78 is 0. The summed E-state index contributed by atoms with van der Waals surface area (Å²) in [6.45, 7) is 8.97. The Balaban J connectivity index is 0.00000264. The summed E-state index contributed by atoms with van der Waals surface area (Å²) in [6, 6.07) is 19.7. The maximum absolute atomic E-state index is 3.68. The van der Waals surface area contributed by atoms with Crippen molar-refractivity contribution in [2.75, 3.05) is 0 Å². The standard InChI is InChI=1S/C21H25S.Y/c1-5-9-17(4)21-14-19(12-13-20(21)16(2)3)22-15-18-10-7-6-8-11-18;/h5-8,10,12-13,16-17H,9,15H2,1-4H3;/q-3;+3. The molecule has 2 rings (SSSR count). The monoisotopic (exact) mass is 398 g/mol. The fourth-order valence-corrected chi connectivity index (χ4v) is 3.48. The van der Waals surface area contributed by atoms with Gasteiger partial charge in [-0.15, -0.1) is 4.90 Å². The Kier molecular flexibility index (Phi) is 9.74. The molecule has 118 valence electrons. The number of benzene rings is 2. The Morgan fingerprint density at radius 2 is 1.91 bits per heavy atom. The van der Waals surface area contributed by atoms with E-state index in [1.54, 1.807) is 0 Å². The molecule has 0 spiro atoms. The first kappa shape index (κ1) is 20.9. The predicted octanol–water partition coefficient (Wildman–Crippen LogP) is 6.42. The van der Waals surface area contributed by atoms with Crippen LogP contribution in [0.4, 0.5) is 0 Å². The van der Waals surface area contributed by atoms with Crippen molar-refractivity contribution in [2.45, 2.75) is 56.6 Å². The average Bonchev–Trinajstić information content (AvgIpc) is 2.53. The maximum atomic E-state index is 3.68. The Labute approximate surface area is 171 Å². The van der Waals surface area contributed by atoms with Crippen molar-refractivity contribution in [3.63, 3.8) is 0 Å². The van der Waals surface area contributed by atoms with E-state index < -0.39 is 0 Å². The van der Waals surface area contributed by atoms with E-state index in [1.165, 1.54) is 21.6 Å². The summed E-state index contributed by atoms with van der Waals surface area (Å²) in [7, 11) is 0. The molecule has 0 bridgehead atoms. The molecular weight excluding hydrogens is 373 g/mol. The Morgan fingerprint density at radius 3 is 2.52 bits per heavy atom. The van der Waals surface area contributed by atoms with Crippen LogP contribution >= 0.6 is 11.8 Å². The van der Waals surface area contributed by atoms with Gasteiger partial charge in [0.1, 0.15) is 0 Å². The van der Waals surface area contributed by atoms with Crippen molar-refractivity contribution in [3.8, 4) is 0 Å². The van der Waals surface area contributed by atoms with Crippen LogP contribution in [0.3, 0.4) is 0 Å². The van der Waals surface area contributed by atoms with E-state index in [2.05, 4.69) is 70.5 Å². The second-order valence-corrected chi connectivity index (χ2v) is 7.08. The molecule has 0 aliphatic heterocycles. The van der Waals surface area contributed by atoms with Crippen molar-refractivity contribution in [1.29, 1.82) is 0 Å². The van der Waals surface area contributed by atoms with Crippen LogP contribution in [0.1, 0.15) is 62.6 Å². The smallest absolute Gasteiger partial charge is 0.331 e. The van der Waals surface area contributed by atoms with Crippen molar-refractivity contribution < 1.29 is 32.7 Å². The van der Waals surface area contributed by atoms with Gasteiger partial charge in [-0.1, -0.05) is 32.6 Å². The first-order valence-electron chi connectivity index (χ1n) is 8.04. The topological polar surface area (TPSA) is 0 Å². The van der Waals surface area contributed by atoms with Crippen LogP contribution in [0.5, 0.6) is 0 Å². The van der Waals surface area contributed by atoms with Gasteiger partial charge in [0, 0.05) is 0 Å². The van der Waals surface area contributed by atoms with E-state index in [9.17, 15) is 0 Å². The molecule has 0 aliphatic carbocycles. The van der Waals surface area contributed by atoms with Crippen LogP contribution in [0.2, 0.25) is 0 Å². The maximum Gasteiger partial charge on any atom is 3.00 e. The zero-order valence-electron chi connectivity index (χ0n) is 14.6. The second kappa shape index (κ2) is 10.7. The molecular formula is C21H25SY. The minimum atomic E-state index is 0. The van der Waals surface area contributed by atoms with Crippen LogP contribution in [-0.2, 0) is 38.5 Å². The minimum absolute atomic E-state index is 0. The van der Waals surface area contributed by atoms with Crippen molar-refractivity contribution >= 4 is 11.8 Å². The zero-order chi connectivity index (χ0) is 15.9. The van der Waals surface area contributed by atoms with E-state index in [0.29, 0.717) is 11.8 Å². The Morgan fingerprint density at radius 1 is 1.13 bits per heavy atom. The molecule has 0 fully saturated rings. The van der Waals surface area contributed by atoms with Crippen molar-refractivity contribution in [2.24, 2.45) is 0 Å². The molecule has 0 nitrogen and oxygen atoms in total. The van der Waals surface area contributed by atoms with Crippen molar-refractivity contribution in [3.05, 3.63) is 71.6 Å². The van der Waals surface area contributed by atoms with Gasteiger partial charge in [-0.25, -0.2) is 0 Å². The second-order valence-electron chi connectivity index (χ2n) is 6.07. The molecule has 0 amide bonds. The van der Waals surface area contributed by atoms with Gasteiger partial charge < -0.3 is 6.42 Å². The molecule has 0 aliphatic rings. The van der Waals surface area contributed by atoms with Gasteiger partial charge in [-0.05, 0) is 5.75 Å². The normalized spacial score (nSPS) is 12.0. The summed E-state index contributed by atoms with van der Waals surface area (Å²) in [5, 5.41) is 0. The fraction of sp³-hybridized carbons (Fsp3) is 0.381. The van der Waals surface area contributed by atoms with Gasteiger partial charge in [0.15, 0.2) is 0 Å². The third kappa shape index (κ3) is 6.37. The summed E-state index contributed by atoms with van der Waals surface area (Å²) in [4.78, 5) is 1.24. The van der Waals surface area contributed by atoms with E-state index in [4.69, 9.17) is 0 Å². The van der Waals surface area contributed by atoms with Gasteiger partial charge in [0.05, 0.1) is 0 Å². The van der Waals surface area contributed by atoms with Gasteiger partial charge >= 0.3 is 32.7 Å². The number of thioether (sulfide) groups is 1. The molecule has 2 heteroatoms. The predicted molar refractivity (Wildman–Crippen MR) is 97.2 cm³/mol. The molecule has 23 heavy (non-hydrogen) atoms. The quantitative estimate of drug-likeness (QED) is 0.383. The summed E-state index contributed by atoms with van der Waals surface area (Å²) in [6.07, 6.45) is 3.36. The largest absolute Gasteiger partial charge is 3.00 e. The number of rotatable bonds is 7. The van der Waals surface area contributed by atoms with Crippen molar-refractivity contribution in [1.82, 2.24) is 0 Å². The molecule has 0 radical (unpaired) electrons. The third-order valence-corrected chi connectivity index (χ3v) is 4.85. The molecule has 1 atom stereocenters. The summed E-state index contributed by atoms with van der Waals surface area (Å²) >= 11 is 1.85. The first-order chi connectivity index (χ1) is 10.6. The molecule has 0 N–H and O–H groups in total. The fourth-order valence-electron chi connectivity index (χ4n) is 2.64. The average molecular weight is 398 g/mol. The molecule has 0 aromatic heterocycles. The molecule has 2 aromatic rings. The first-order valence-corrected chi connectivity index (χ1v) is 9.02. The van der Waals surface area contributed by atoms with E-state index >= 15 is 0 Å². The number of hydrogen-bond donors (Lipinski definition) is 0.